The minimum atomic E-state index is -2.42. The Bertz CT molecular complexity index is 186. The molecule has 0 radical (unpaired) electrons. The summed E-state index contributed by atoms with van der Waals surface area (Å²) in [6.07, 6.45) is 2.95. The number of rotatable bonds is 0. The van der Waals surface area contributed by atoms with E-state index in [9.17, 15) is 4.57 Å². The predicted molar refractivity (Wildman–Crippen MR) is 42.5 cm³/mol. The highest BCUT2D eigenvalue weighted by Gasteiger charge is 2.22. The monoisotopic (exact) mass is 160 g/mol. The van der Waals surface area contributed by atoms with E-state index in [0.717, 1.165) is 24.6 Å². The molecule has 0 amide bonds. The van der Waals surface area contributed by atoms with Crippen molar-refractivity contribution >= 4 is 7.37 Å². The van der Waals surface area contributed by atoms with Gasteiger partial charge < -0.3 is 4.52 Å². The van der Waals surface area contributed by atoms with Crippen LogP contribution in [0.4, 0.5) is 0 Å². The van der Waals surface area contributed by atoms with Crippen LogP contribution in [0.15, 0.2) is 11.9 Å². The van der Waals surface area contributed by atoms with Gasteiger partial charge in [0.05, 0.1) is 6.61 Å². The van der Waals surface area contributed by atoms with E-state index in [1.165, 1.54) is 0 Å². The van der Waals surface area contributed by atoms with Crippen LogP contribution in [0, 0.1) is 0 Å². The van der Waals surface area contributed by atoms with Crippen LogP contribution in [-0.2, 0) is 9.09 Å². The van der Waals surface area contributed by atoms with E-state index in [4.69, 9.17) is 4.52 Å². The Balaban J connectivity index is 2.71. The fourth-order valence-electron chi connectivity index (χ4n) is 0.964. The van der Waals surface area contributed by atoms with Gasteiger partial charge in [0, 0.05) is 12.0 Å². The summed E-state index contributed by atoms with van der Waals surface area (Å²) in [5.74, 6) is 0. The zero-order valence-electron chi connectivity index (χ0n) is 6.30. The molecule has 1 saturated heterocycles. The third kappa shape index (κ3) is 1.71. The highest BCUT2D eigenvalue weighted by atomic mass is 31.2. The van der Waals surface area contributed by atoms with Gasteiger partial charge >= 0.3 is 0 Å². The van der Waals surface area contributed by atoms with Gasteiger partial charge in [0.2, 0.25) is 7.37 Å². The lowest BCUT2D eigenvalue weighted by molar-refractivity contribution is 0.320. The lowest BCUT2D eigenvalue weighted by atomic mass is 10.2. The smallest absolute Gasteiger partial charge is 0.224 e. The summed E-state index contributed by atoms with van der Waals surface area (Å²) in [6, 6.07) is 0. The van der Waals surface area contributed by atoms with Crippen molar-refractivity contribution in [3.05, 3.63) is 11.9 Å². The van der Waals surface area contributed by atoms with Crippen molar-refractivity contribution in [3.8, 4) is 0 Å². The first-order valence-corrected chi connectivity index (χ1v) is 5.60. The molecule has 1 heterocycles. The minimum absolute atomic E-state index is 0.632. The molecule has 1 aliphatic heterocycles. The Morgan fingerprint density at radius 2 is 2.30 bits per heavy atom. The first-order valence-electron chi connectivity index (χ1n) is 3.53. The van der Waals surface area contributed by atoms with Crippen molar-refractivity contribution in [3.63, 3.8) is 0 Å². The normalized spacial score (nSPS) is 35.5. The summed E-state index contributed by atoms with van der Waals surface area (Å²) >= 11 is 0. The molecule has 0 spiro atoms. The first-order chi connectivity index (χ1) is 4.63. The molecule has 0 aromatic rings. The second-order valence-electron chi connectivity index (χ2n) is 2.70. The van der Waals surface area contributed by atoms with Crippen molar-refractivity contribution in [1.29, 1.82) is 0 Å². The average Bonchev–Trinajstić information content (AvgIpc) is 1.96. The molecule has 1 fully saturated rings. The van der Waals surface area contributed by atoms with E-state index in [0.29, 0.717) is 6.61 Å². The third-order valence-electron chi connectivity index (χ3n) is 1.77. The third-order valence-corrected chi connectivity index (χ3v) is 3.82. The van der Waals surface area contributed by atoms with E-state index >= 15 is 0 Å². The maximum atomic E-state index is 11.5. The lowest BCUT2D eigenvalue weighted by Gasteiger charge is -2.10. The molecular weight excluding hydrogens is 147 g/mol. The van der Waals surface area contributed by atoms with Crippen LogP contribution < -0.4 is 0 Å². The Morgan fingerprint density at radius 1 is 1.60 bits per heavy atom. The average molecular weight is 160 g/mol. The predicted octanol–water partition coefficient (Wildman–Crippen LogP) is 2.61. The summed E-state index contributed by atoms with van der Waals surface area (Å²) < 4.78 is 16.6. The van der Waals surface area contributed by atoms with Crippen LogP contribution in [-0.4, -0.2) is 13.3 Å². The zero-order chi connectivity index (χ0) is 7.61. The van der Waals surface area contributed by atoms with Crippen LogP contribution >= 0.6 is 7.37 Å². The summed E-state index contributed by atoms with van der Waals surface area (Å²) in [4.78, 5) is 0. The van der Waals surface area contributed by atoms with Gasteiger partial charge in [-0.15, -0.1) is 0 Å². The van der Waals surface area contributed by atoms with Crippen molar-refractivity contribution in [2.45, 2.75) is 19.3 Å². The van der Waals surface area contributed by atoms with Gasteiger partial charge in [0.1, 0.15) is 0 Å². The fraction of sp³-hybridized carbons (Fsp3) is 0.714. The Morgan fingerprint density at radius 3 is 3.00 bits per heavy atom. The number of hydrogen-bond donors (Lipinski definition) is 0. The van der Waals surface area contributed by atoms with Gasteiger partial charge in [-0.05, 0) is 19.3 Å². The van der Waals surface area contributed by atoms with Crippen LogP contribution in [0.2, 0.25) is 0 Å². The van der Waals surface area contributed by atoms with E-state index in [1.807, 2.05) is 0 Å². The molecule has 58 valence electrons. The van der Waals surface area contributed by atoms with Gasteiger partial charge in [0.25, 0.3) is 0 Å². The van der Waals surface area contributed by atoms with Crippen molar-refractivity contribution in [1.82, 2.24) is 0 Å². The largest absolute Gasteiger partial charge is 0.326 e. The van der Waals surface area contributed by atoms with Crippen LogP contribution in [0.5, 0.6) is 0 Å². The van der Waals surface area contributed by atoms with E-state index in [2.05, 4.69) is 6.58 Å². The van der Waals surface area contributed by atoms with Gasteiger partial charge in [-0.2, -0.15) is 0 Å². The SMILES string of the molecule is C=C1CCCCOP1(C)=O. The Labute approximate surface area is 61.7 Å². The second-order valence-corrected chi connectivity index (χ2v) is 5.28. The molecule has 1 unspecified atom stereocenters. The minimum Gasteiger partial charge on any atom is -0.326 e. The maximum absolute atomic E-state index is 11.5. The molecule has 0 saturated carbocycles. The van der Waals surface area contributed by atoms with Crippen molar-refractivity contribution in [2.75, 3.05) is 13.3 Å². The van der Waals surface area contributed by atoms with Crippen LogP contribution in [0.25, 0.3) is 0 Å². The molecule has 0 aromatic carbocycles. The molecular formula is C7H13O2P. The highest BCUT2D eigenvalue weighted by molar-refractivity contribution is 7.62. The van der Waals surface area contributed by atoms with Crippen molar-refractivity contribution < 1.29 is 9.09 Å². The highest BCUT2D eigenvalue weighted by Crippen LogP contribution is 2.53. The van der Waals surface area contributed by atoms with E-state index in [1.54, 1.807) is 6.66 Å². The molecule has 1 atom stereocenters. The van der Waals surface area contributed by atoms with E-state index < -0.39 is 7.37 Å². The molecule has 2 nitrogen and oxygen atoms in total. The van der Waals surface area contributed by atoms with Crippen LogP contribution in [0.3, 0.4) is 0 Å². The van der Waals surface area contributed by atoms with Crippen molar-refractivity contribution in [2.24, 2.45) is 0 Å². The molecule has 1 rings (SSSR count). The Hall–Kier alpha value is -0.0700. The fourth-order valence-corrected chi connectivity index (χ4v) is 2.19. The molecule has 0 aliphatic carbocycles. The molecule has 0 bridgehead atoms. The first kappa shape index (κ1) is 8.03. The molecule has 10 heavy (non-hydrogen) atoms. The topological polar surface area (TPSA) is 26.3 Å². The van der Waals surface area contributed by atoms with Crippen LogP contribution in [0.1, 0.15) is 19.3 Å². The second kappa shape index (κ2) is 2.89. The van der Waals surface area contributed by atoms with Gasteiger partial charge in [-0.25, -0.2) is 0 Å². The molecule has 3 heteroatoms. The lowest BCUT2D eigenvalue weighted by Crippen LogP contribution is -1.87. The summed E-state index contributed by atoms with van der Waals surface area (Å²) in [5, 5.41) is 0.796. The Kier molecular flexibility index (Phi) is 2.32. The molecule has 1 aliphatic rings. The summed E-state index contributed by atoms with van der Waals surface area (Å²) in [5.41, 5.74) is 0. The quantitative estimate of drug-likeness (QED) is 0.509. The zero-order valence-corrected chi connectivity index (χ0v) is 7.19. The van der Waals surface area contributed by atoms with Gasteiger partial charge in [-0.3, -0.25) is 4.57 Å². The molecule has 0 aromatic heterocycles. The molecule has 0 N–H and O–H groups in total. The van der Waals surface area contributed by atoms with Gasteiger partial charge in [-0.1, -0.05) is 6.58 Å². The maximum Gasteiger partial charge on any atom is 0.224 e. The number of allylic oxidation sites excluding steroid dienone is 1. The summed E-state index contributed by atoms with van der Waals surface area (Å²) in [7, 11) is -2.42. The number of hydrogen-bond acceptors (Lipinski definition) is 2. The standard InChI is InChI=1S/C7H13O2P/c1-7-5-3-4-6-9-10(7,2)8/h1,3-6H2,2H3. The van der Waals surface area contributed by atoms with E-state index in [-0.39, 0.29) is 0 Å². The van der Waals surface area contributed by atoms with Gasteiger partial charge in [0.15, 0.2) is 0 Å². The summed E-state index contributed by atoms with van der Waals surface area (Å²) in [6.45, 7) is 6.02.